The van der Waals surface area contributed by atoms with E-state index in [1.165, 1.54) is 0 Å². The van der Waals surface area contributed by atoms with Crippen LogP contribution in [0.3, 0.4) is 0 Å². The molecule has 2 heterocycles. The lowest BCUT2D eigenvalue weighted by Gasteiger charge is -2.28. The van der Waals surface area contributed by atoms with Crippen LogP contribution in [-0.4, -0.2) is 29.7 Å². The zero-order valence-electron chi connectivity index (χ0n) is 10.1. The number of carbonyl (C=O) groups is 1. The van der Waals surface area contributed by atoms with Crippen LogP contribution in [0.5, 0.6) is 0 Å². The quantitative estimate of drug-likeness (QED) is 0.703. The van der Waals surface area contributed by atoms with E-state index in [2.05, 4.69) is 10.1 Å². The largest absolute Gasteiger partial charge is 0.432 e. The van der Waals surface area contributed by atoms with E-state index in [9.17, 15) is 4.79 Å². The first-order valence-corrected chi connectivity index (χ1v) is 5.79. The summed E-state index contributed by atoms with van der Waals surface area (Å²) >= 11 is 0. The average molecular weight is 254 g/mol. The molecule has 6 nitrogen and oxygen atoms in total. The molecule has 19 heavy (non-hydrogen) atoms. The Morgan fingerprint density at radius 1 is 1.37 bits per heavy atom. The predicted octanol–water partition coefficient (Wildman–Crippen LogP) is 1.10. The summed E-state index contributed by atoms with van der Waals surface area (Å²) in [5, 5.41) is 14.8. The van der Waals surface area contributed by atoms with Gasteiger partial charge in [-0.1, -0.05) is 18.2 Å². The van der Waals surface area contributed by atoms with Crippen molar-refractivity contribution < 1.29 is 9.53 Å². The van der Waals surface area contributed by atoms with Crippen molar-refractivity contribution in [3.8, 4) is 6.07 Å². The summed E-state index contributed by atoms with van der Waals surface area (Å²) in [6.07, 6.45) is -0.605. The SMILES string of the molecule is CC1=NN(c2ccccc2)C2OC(=O)C(C#N)=NC12. The molecule has 0 saturated carbocycles. The van der Waals surface area contributed by atoms with E-state index in [4.69, 9.17) is 10.00 Å². The summed E-state index contributed by atoms with van der Waals surface area (Å²) in [7, 11) is 0. The second kappa shape index (κ2) is 4.21. The Bertz CT molecular complexity index is 630. The Hall–Kier alpha value is -2.68. The van der Waals surface area contributed by atoms with Crippen LogP contribution >= 0.6 is 0 Å². The molecule has 2 unspecified atom stereocenters. The highest BCUT2D eigenvalue weighted by Gasteiger charge is 2.43. The summed E-state index contributed by atoms with van der Waals surface area (Å²) in [4.78, 5) is 15.7. The van der Waals surface area contributed by atoms with Gasteiger partial charge in [-0.05, 0) is 19.1 Å². The second-order valence-corrected chi connectivity index (χ2v) is 4.25. The van der Waals surface area contributed by atoms with Crippen molar-refractivity contribution in [2.45, 2.75) is 19.2 Å². The van der Waals surface area contributed by atoms with Gasteiger partial charge in [0.15, 0.2) is 0 Å². The lowest BCUT2D eigenvalue weighted by molar-refractivity contribution is -0.141. The summed E-state index contributed by atoms with van der Waals surface area (Å²) in [6, 6.07) is 10.7. The van der Waals surface area contributed by atoms with Gasteiger partial charge in [0, 0.05) is 0 Å². The number of hydrazone groups is 1. The number of carbonyl (C=O) groups excluding carboxylic acids is 1. The molecule has 1 aromatic carbocycles. The highest BCUT2D eigenvalue weighted by Crippen LogP contribution is 2.29. The van der Waals surface area contributed by atoms with Crippen LogP contribution in [0.2, 0.25) is 0 Å². The van der Waals surface area contributed by atoms with Crippen LogP contribution in [-0.2, 0) is 9.53 Å². The molecule has 94 valence electrons. The number of benzene rings is 1. The zero-order chi connectivity index (χ0) is 13.4. The van der Waals surface area contributed by atoms with E-state index in [0.29, 0.717) is 5.71 Å². The molecule has 6 heteroatoms. The third-order valence-corrected chi connectivity index (χ3v) is 3.02. The lowest BCUT2D eigenvalue weighted by Crippen LogP contribution is -2.45. The summed E-state index contributed by atoms with van der Waals surface area (Å²) in [5.74, 6) is -0.699. The molecule has 0 radical (unpaired) electrons. The van der Waals surface area contributed by atoms with Gasteiger partial charge in [-0.25, -0.2) is 9.80 Å². The van der Waals surface area contributed by atoms with Crippen molar-refractivity contribution >= 4 is 23.1 Å². The molecule has 0 fully saturated rings. The van der Waals surface area contributed by atoms with Gasteiger partial charge in [-0.2, -0.15) is 10.4 Å². The minimum Gasteiger partial charge on any atom is -0.432 e. The first-order chi connectivity index (χ1) is 9.20. The molecule has 0 N–H and O–H groups in total. The maximum atomic E-state index is 11.6. The van der Waals surface area contributed by atoms with E-state index in [0.717, 1.165) is 5.69 Å². The Morgan fingerprint density at radius 2 is 2.11 bits per heavy atom. The number of anilines is 1. The van der Waals surface area contributed by atoms with Crippen molar-refractivity contribution in [1.29, 1.82) is 5.26 Å². The van der Waals surface area contributed by atoms with Crippen LogP contribution < -0.4 is 5.01 Å². The van der Waals surface area contributed by atoms with Crippen molar-refractivity contribution in [2.24, 2.45) is 10.1 Å². The van der Waals surface area contributed by atoms with Crippen molar-refractivity contribution in [1.82, 2.24) is 0 Å². The van der Waals surface area contributed by atoms with Gasteiger partial charge in [0.2, 0.25) is 11.9 Å². The smallest absolute Gasteiger partial charge is 0.369 e. The normalized spacial score (nSPS) is 25.1. The fraction of sp³-hybridized carbons (Fsp3) is 0.231. The summed E-state index contributed by atoms with van der Waals surface area (Å²) < 4.78 is 5.27. The molecule has 0 aromatic heterocycles. The highest BCUT2D eigenvalue weighted by molar-refractivity contribution is 6.43. The molecule has 2 aliphatic heterocycles. The van der Waals surface area contributed by atoms with Crippen LogP contribution in [0.4, 0.5) is 5.69 Å². The van der Waals surface area contributed by atoms with E-state index in [1.807, 2.05) is 30.3 Å². The van der Waals surface area contributed by atoms with Crippen LogP contribution in [0.15, 0.2) is 40.4 Å². The number of hydrogen-bond donors (Lipinski definition) is 0. The summed E-state index contributed by atoms with van der Waals surface area (Å²) in [5.41, 5.74) is 1.33. The van der Waals surface area contributed by atoms with Gasteiger partial charge < -0.3 is 4.74 Å². The van der Waals surface area contributed by atoms with Gasteiger partial charge in [0.1, 0.15) is 12.1 Å². The van der Waals surface area contributed by atoms with Gasteiger partial charge in [-0.3, -0.25) is 4.99 Å². The monoisotopic (exact) mass is 254 g/mol. The Labute approximate surface area is 109 Å². The van der Waals surface area contributed by atoms with Crippen molar-refractivity contribution in [3.63, 3.8) is 0 Å². The maximum Gasteiger partial charge on any atom is 0.369 e. The van der Waals surface area contributed by atoms with Gasteiger partial charge in [-0.15, -0.1) is 0 Å². The van der Waals surface area contributed by atoms with Gasteiger partial charge in [0.25, 0.3) is 0 Å². The summed E-state index contributed by atoms with van der Waals surface area (Å²) in [6.45, 7) is 1.80. The molecule has 1 aromatic rings. The standard InChI is InChI=1S/C13H10N4O2/c1-8-11-12(19-13(18)10(7-14)15-11)17(16-8)9-5-3-2-4-6-9/h2-6,11-12H,1H3. The molecule has 0 aliphatic carbocycles. The third-order valence-electron chi connectivity index (χ3n) is 3.02. The number of nitrogens with zero attached hydrogens (tertiary/aromatic N) is 4. The van der Waals surface area contributed by atoms with Crippen LogP contribution in [0, 0.1) is 11.3 Å². The first kappa shape index (κ1) is 11.4. The Kier molecular flexibility index (Phi) is 2.53. The van der Waals surface area contributed by atoms with Gasteiger partial charge in [0.05, 0.1) is 11.4 Å². The van der Waals surface area contributed by atoms with Crippen molar-refractivity contribution in [2.75, 3.05) is 5.01 Å². The predicted molar refractivity (Wildman–Crippen MR) is 68.7 cm³/mol. The maximum absolute atomic E-state index is 11.6. The van der Waals surface area contributed by atoms with Crippen LogP contribution in [0.1, 0.15) is 6.92 Å². The fourth-order valence-electron chi connectivity index (χ4n) is 2.11. The number of nitriles is 1. The second-order valence-electron chi connectivity index (χ2n) is 4.25. The molecule has 0 spiro atoms. The number of ether oxygens (including phenoxy) is 1. The number of para-hydroxylation sites is 1. The molecular formula is C13H10N4O2. The molecule has 0 amide bonds. The molecule has 0 saturated heterocycles. The van der Waals surface area contributed by atoms with Crippen molar-refractivity contribution in [3.05, 3.63) is 30.3 Å². The molecule has 2 aliphatic rings. The highest BCUT2D eigenvalue weighted by atomic mass is 16.6. The number of aliphatic imine (C=N–C) groups is 1. The topological polar surface area (TPSA) is 78.0 Å². The number of rotatable bonds is 1. The minimum atomic E-state index is -0.699. The Morgan fingerprint density at radius 3 is 2.79 bits per heavy atom. The first-order valence-electron chi connectivity index (χ1n) is 5.79. The Balaban J connectivity index is 1.99. The zero-order valence-corrected chi connectivity index (χ0v) is 10.1. The number of hydrogen-bond acceptors (Lipinski definition) is 6. The molecular weight excluding hydrogens is 244 g/mol. The van der Waals surface area contributed by atoms with E-state index >= 15 is 0 Å². The minimum absolute atomic E-state index is 0.203. The fourth-order valence-corrected chi connectivity index (χ4v) is 2.11. The van der Waals surface area contributed by atoms with E-state index < -0.39 is 18.2 Å². The molecule has 2 atom stereocenters. The van der Waals surface area contributed by atoms with Gasteiger partial charge >= 0.3 is 5.97 Å². The third kappa shape index (κ3) is 1.76. The van der Waals surface area contributed by atoms with E-state index in [-0.39, 0.29) is 5.71 Å². The molecule has 0 bridgehead atoms. The van der Waals surface area contributed by atoms with Crippen LogP contribution in [0.25, 0.3) is 0 Å². The molecule has 3 rings (SSSR count). The van der Waals surface area contributed by atoms with E-state index in [1.54, 1.807) is 18.0 Å². The average Bonchev–Trinajstić information content (AvgIpc) is 2.75. The lowest BCUT2D eigenvalue weighted by atomic mass is 10.1. The number of esters is 1. The number of fused-ring (bicyclic) bond motifs is 1.